The molecule has 2 heterocycles. The van der Waals surface area contributed by atoms with Crippen molar-refractivity contribution in [2.24, 2.45) is 0 Å². The van der Waals surface area contributed by atoms with E-state index >= 15 is 0 Å². The van der Waals surface area contributed by atoms with Crippen LogP contribution in [-0.4, -0.2) is 18.9 Å². The number of hydrogen-bond acceptors (Lipinski definition) is 2. The van der Waals surface area contributed by atoms with Crippen molar-refractivity contribution in [3.8, 4) is 0 Å². The van der Waals surface area contributed by atoms with E-state index in [1.165, 1.54) is 12.8 Å². The van der Waals surface area contributed by atoms with Gasteiger partial charge in [-0.05, 0) is 12.8 Å². The van der Waals surface area contributed by atoms with Crippen LogP contribution in [0, 0.1) is 0 Å². The second-order valence-corrected chi connectivity index (χ2v) is 2.88. The van der Waals surface area contributed by atoms with Crippen molar-refractivity contribution in [1.29, 1.82) is 0 Å². The standard InChI is InChI=1S/C8H12NO2/c1-2-4-9-7(3-1)8-10-5-6-11-8/h5-8H,1-4H2. The van der Waals surface area contributed by atoms with Gasteiger partial charge in [0.2, 0.25) is 0 Å². The summed E-state index contributed by atoms with van der Waals surface area (Å²) in [5, 5.41) is 4.42. The maximum Gasteiger partial charge on any atom is 0.256 e. The molecule has 0 aromatic carbocycles. The molecular weight excluding hydrogens is 142 g/mol. The second kappa shape index (κ2) is 3.13. The Bertz CT molecular complexity index is 144. The van der Waals surface area contributed by atoms with Crippen molar-refractivity contribution in [1.82, 2.24) is 5.32 Å². The summed E-state index contributed by atoms with van der Waals surface area (Å²) in [4.78, 5) is 0. The lowest BCUT2D eigenvalue weighted by molar-refractivity contribution is -0.0567. The summed E-state index contributed by atoms with van der Waals surface area (Å²) in [5.74, 6) is 0. The highest BCUT2D eigenvalue weighted by Crippen LogP contribution is 2.18. The van der Waals surface area contributed by atoms with Crippen LogP contribution >= 0.6 is 0 Å². The first kappa shape index (κ1) is 6.98. The largest absolute Gasteiger partial charge is 0.458 e. The Hall–Kier alpha value is -0.700. The van der Waals surface area contributed by atoms with Gasteiger partial charge >= 0.3 is 0 Å². The Labute approximate surface area is 66.4 Å². The molecule has 0 bridgehead atoms. The van der Waals surface area contributed by atoms with E-state index in [4.69, 9.17) is 9.47 Å². The third-order valence-corrected chi connectivity index (χ3v) is 2.07. The fourth-order valence-electron chi connectivity index (χ4n) is 1.47. The minimum absolute atomic E-state index is 0.129. The van der Waals surface area contributed by atoms with Gasteiger partial charge in [-0.1, -0.05) is 6.42 Å². The van der Waals surface area contributed by atoms with Crippen LogP contribution in [0.4, 0.5) is 0 Å². The van der Waals surface area contributed by atoms with E-state index in [1.54, 1.807) is 12.5 Å². The topological polar surface area (TPSA) is 32.6 Å². The van der Waals surface area contributed by atoms with Gasteiger partial charge in [-0.3, -0.25) is 0 Å². The Morgan fingerprint density at radius 3 is 2.64 bits per heavy atom. The normalized spacial score (nSPS) is 31.5. The Morgan fingerprint density at radius 2 is 2.00 bits per heavy atom. The summed E-state index contributed by atoms with van der Waals surface area (Å²) in [5.41, 5.74) is 0. The number of nitrogens with zero attached hydrogens (tertiary/aromatic N) is 1. The van der Waals surface area contributed by atoms with E-state index in [0.29, 0.717) is 0 Å². The second-order valence-electron chi connectivity index (χ2n) is 2.88. The van der Waals surface area contributed by atoms with Gasteiger partial charge in [0.05, 0.1) is 6.04 Å². The van der Waals surface area contributed by atoms with Gasteiger partial charge in [-0.25, -0.2) is 5.32 Å². The van der Waals surface area contributed by atoms with Gasteiger partial charge in [-0.2, -0.15) is 0 Å². The highest BCUT2D eigenvalue weighted by Gasteiger charge is 2.27. The molecule has 0 N–H and O–H groups in total. The van der Waals surface area contributed by atoms with Crippen molar-refractivity contribution in [2.75, 3.05) is 6.54 Å². The average Bonchev–Trinajstić information content (AvgIpc) is 2.58. The first-order valence-electron chi connectivity index (χ1n) is 4.09. The molecule has 0 aliphatic carbocycles. The van der Waals surface area contributed by atoms with Gasteiger partial charge in [0.15, 0.2) is 0 Å². The molecule has 3 nitrogen and oxygen atoms in total. The Morgan fingerprint density at radius 1 is 1.18 bits per heavy atom. The molecule has 61 valence electrons. The average molecular weight is 154 g/mol. The fraction of sp³-hybridized carbons (Fsp3) is 0.750. The lowest BCUT2D eigenvalue weighted by Gasteiger charge is -2.25. The molecule has 3 heteroatoms. The SMILES string of the molecule is C1=COC(C2CCCC[N]2)O1. The van der Waals surface area contributed by atoms with Crippen LogP contribution in [0.25, 0.3) is 0 Å². The van der Waals surface area contributed by atoms with Gasteiger partial charge in [0, 0.05) is 6.54 Å². The van der Waals surface area contributed by atoms with E-state index < -0.39 is 0 Å². The van der Waals surface area contributed by atoms with E-state index in [1.807, 2.05) is 0 Å². The molecule has 1 unspecified atom stereocenters. The fourth-order valence-corrected chi connectivity index (χ4v) is 1.47. The molecule has 2 aliphatic rings. The van der Waals surface area contributed by atoms with E-state index in [2.05, 4.69) is 5.32 Å². The van der Waals surface area contributed by atoms with Crippen LogP contribution in [0.15, 0.2) is 12.5 Å². The zero-order chi connectivity index (χ0) is 7.52. The summed E-state index contributed by atoms with van der Waals surface area (Å²) in [7, 11) is 0. The lowest BCUT2D eigenvalue weighted by Crippen LogP contribution is -2.38. The van der Waals surface area contributed by atoms with Gasteiger partial charge < -0.3 is 9.47 Å². The molecule has 1 radical (unpaired) electrons. The molecule has 0 amide bonds. The minimum atomic E-state index is -0.129. The smallest absolute Gasteiger partial charge is 0.256 e. The first-order chi connectivity index (χ1) is 5.47. The lowest BCUT2D eigenvalue weighted by atomic mass is 10.0. The monoisotopic (exact) mass is 154 g/mol. The highest BCUT2D eigenvalue weighted by molar-refractivity contribution is 4.82. The maximum absolute atomic E-state index is 5.20. The van der Waals surface area contributed by atoms with Crippen molar-refractivity contribution in [2.45, 2.75) is 31.6 Å². The van der Waals surface area contributed by atoms with Crippen LogP contribution in [0.5, 0.6) is 0 Å². The molecule has 1 saturated heterocycles. The summed E-state index contributed by atoms with van der Waals surface area (Å²) < 4.78 is 10.4. The predicted octanol–water partition coefficient (Wildman–Crippen LogP) is 0.987. The molecule has 0 spiro atoms. The van der Waals surface area contributed by atoms with Gasteiger partial charge in [-0.15, -0.1) is 0 Å². The highest BCUT2D eigenvalue weighted by atomic mass is 16.7. The molecule has 1 fully saturated rings. The zero-order valence-corrected chi connectivity index (χ0v) is 6.40. The summed E-state index contributed by atoms with van der Waals surface area (Å²) in [6.07, 6.45) is 6.62. The van der Waals surface area contributed by atoms with Gasteiger partial charge in [0.25, 0.3) is 6.29 Å². The third-order valence-electron chi connectivity index (χ3n) is 2.07. The van der Waals surface area contributed by atoms with Crippen molar-refractivity contribution in [3.05, 3.63) is 12.5 Å². The van der Waals surface area contributed by atoms with Crippen molar-refractivity contribution < 1.29 is 9.47 Å². The van der Waals surface area contributed by atoms with Gasteiger partial charge in [0.1, 0.15) is 12.5 Å². The molecule has 1 atom stereocenters. The van der Waals surface area contributed by atoms with Crippen LogP contribution in [-0.2, 0) is 9.47 Å². The van der Waals surface area contributed by atoms with E-state index in [9.17, 15) is 0 Å². The van der Waals surface area contributed by atoms with Crippen LogP contribution < -0.4 is 5.32 Å². The molecule has 11 heavy (non-hydrogen) atoms. The summed E-state index contributed by atoms with van der Waals surface area (Å²) in [6.45, 7) is 0.966. The van der Waals surface area contributed by atoms with Crippen molar-refractivity contribution in [3.63, 3.8) is 0 Å². The zero-order valence-electron chi connectivity index (χ0n) is 6.40. The predicted molar refractivity (Wildman–Crippen MR) is 39.7 cm³/mol. The van der Waals surface area contributed by atoms with Crippen molar-refractivity contribution >= 4 is 0 Å². The quantitative estimate of drug-likeness (QED) is 0.564. The van der Waals surface area contributed by atoms with E-state index in [-0.39, 0.29) is 12.3 Å². The summed E-state index contributed by atoms with van der Waals surface area (Å²) in [6, 6.07) is 0.263. The number of hydrogen-bond donors (Lipinski definition) is 0. The maximum atomic E-state index is 5.20. The molecule has 0 aromatic rings. The van der Waals surface area contributed by atoms with Crippen LogP contribution in [0.1, 0.15) is 19.3 Å². The first-order valence-corrected chi connectivity index (χ1v) is 4.09. The molecule has 0 aromatic heterocycles. The third kappa shape index (κ3) is 1.48. The Kier molecular flexibility index (Phi) is 1.99. The molecule has 2 rings (SSSR count). The number of rotatable bonds is 1. The number of ether oxygens (including phenoxy) is 2. The molecule has 2 aliphatic heterocycles. The number of piperidine rings is 1. The Balaban J connectivity index is 1.83. The van der Waals surface area contributed by atoms with Crippen LogP contribution in [0.2, 0.25) is 0 Å². The molecule has 0 saturated carbocycles. The summed E-state index contributed by atoms with van der Waals surface area (Å²) >= 11 is 0. The van der Waals surface area contributed by atoms with E-state index in [0.717, 1.165) is 13.0 Å². The van der Waals surface area contributed by atoms with Crippen LogP contribution in [0.3, 0.4) is 0 Å². The molecular formula is C8H12NO2. The minimum Gasteiger partial charge on any atom is -0.458 e.